The van der Waals surface area contributed by atoms with Gasteiger partial charge in [-0.3, -0.25) is 0 Å². The lowest BCUT2D eigenvalue weighted by Gasteiger charge is -2.09. The third-order valence-corrected chi connectivity index (χ3v) is 2.26. The fourth-order valence-corrected chi connectivity index (χ4v) is 1.39. The Morgan fingerprint density at radius 2 is 1.65 bits per heavy atom. The molecule has 0 spiro atoms. The van der Waals surface area contributed by atoms with E-state index in [1.807, 2.05) is 0 Å². The Balaban J connectivity index is 2.27. The van der Waals surface area contributed by atoms with Crippen molar-refractivity contribution in [3.05, 3.63) is 48.3 Å². The fourth-order valence-electron chi connectivity index (χ4n) is 1.39. The summed E-state index contributed by atoms with van der Waals surface area (Å²) in [6.07, 6.45) is 0. The molecule has 4 heteroatoms. The molecule has 0 aliphatic carbocycles. The maximum Gasteiger partial charge on any atom is 0.207 e. The van der Waals surface area contributed by atoms with E-state index in [2.05, 4.69) is 0 Å². The van der Waals surface area contributed by atoms with Gasteiger partial charge in [0.15, 0.2) is 11.5 Å². The van der Waals surface area contributed by atoms with Gasteiger partial charge in [-0.1, -0.05) is 6.07 Å². The molecule has 0 aliphatic heterocycles. The number of rotatable bonds is 3. The highest BCUT2D eigenvalue weighted by atomic mass is 19.1. The zero-order valence-corrected chi connectivity index (χ0v) is 9.31. The van der Waals surface area contributed by atoms with Crippen molar-refractivity contribution < 1.29 is 13.9 Å². The summed E-state index contributed by atoms with van der Waals surface area (Å²) in [5.41, 5.74) is 6.17. The number of halogens is 1. The first kappa shape index (κ1) is 11.3. The summed E-state index contributed by atoms with van der Waals surface area (Å²) in [4.78, 5) is 0. The lowest BCUT2D eigenvalue weighted by Crippen LogP contribution is -1.93. The molecule has 0 unspecified atom stereocenters. The number of methoxy groups -OCH3 is 1. The molecule has 2 N–H and O–H groups in total. The molecule has 0 aromatic heterocycles. The van der Waals surface area contributed by atoms with Crippen LogP contribution in [0.5, 0.6) is 17.2 Å². The number of hydrogen-bond acceptors (Lipinski definition) is 3. The summed E-state index contributed by atoms with van der Waals surface area (Å²) >= 11 is 0. The highest BCUT2D eigenvalue weighted by Crippen LogP contribution is 2.30. The maximum absolute atomic E-state index is 13.8. The first-order valence-corrected chi connectivity index (χ1v) is 5.06. The van der Waals surface area contributed by atoms with E-state index in [-0.39, 0.29) is 11.5 Å². The fraction of sp³-hybridized carbons (Fsp3) is 0.0769. The molecule has 17 heavy (non-hydrogen) atoms. The van der Waals surface area contributed by atoms with Gasteiger partial charge in [0.2, 0.25) is 5.82 Å². The molecular weight excluding hydrogens is 221 g/mol. The molecule has 2 rings (SSSR count). The van der Waals surface area contributed by atoms with E-state index in [9.17, 15) is 4.39 Å². The van der Waals surface area contributed by atoms with Crippen LogP contribution in [-0.2, 0) is 0 Å². The zero-order chi connectivity index (χ0) is 12.3. The molecule has 88 valence electrons. The number of hydrogen-bond donors (Lipinski definition) is 1. The van der Waals surface area contributed by atoms with Crippen molar-refractivity contribution in [3.63, 3.8) is 0 Å². The van der Waals surface area contributed by atoms with Crippen LogP contribution in [-0.4, -0.2) is 7.11 Å². The van der Waals surface area contributed by atoms with Crippen molar-refractivity contribution in [1.82, 2.24) is 0 Å². The van der Waals surface area contributed by atoms with E-state index in [0.717, 1.165) is 0 Å². The highest BCUT2D eigenvalue weighted by Gasteiger charge is 2.09. The van der Waals surface area contributed by atoms with Crippen LogP contribution >= 0.6 is 0 Å². The molecule has 2 aromatic carbocycles. The van der Waals surface area contributed by atoms with Gasteiger partial charge in [-0.15, -0.1) is 0 Å². The molecule has 0 aliphatic rings. The van der Waals surface area contributed by atoms with Crippen molar-refractivity contribution in [3.8, 4) is 17.2 Å². The minimum Gasteiger partial charge on any atom is -0.494 e. The van der Waals surface area contributed by atoms with E-state index in [1.54, 1.807) is 30.3 Å². The third kappa shape index (κ3) is 2.47. The molecule has 0 saturated carbocycles. The lowest BCUT2D eigenvalue weighted by atomic mass is 10.3. The van der Waals surface area contributed by atoms with Gasteiger partial charge in [0.25, 0.3) is 0 Å². The highest BCUT2D eigenvalue weighted by molar-refractivity contribution is 5.44. The molecule has 2 aromatic rings. The number of ether oxygens (including phenoxy) is 2. The number of benzene rings is 2. The molecule has 0 bridgehead atoms. The Bertz CT molecular complexity index is 511. The van der Waals surface area contributed by atoms with Gasteiger partial charge >= 0.3 is 0 Å². The van der Waals surface area contributed by atoms with Crippen LogP contribution in [0.4, 0.5) is 10.1 Å². The lowest BCUT2D eigenvalue weighted by molar-refractivity contribution is 0.368. The second kappa shape index (κ2) is 4.74. The van der Waals surface area contributed by atoms with E-state index >= 15 is 0 Å². The molecule has 0 saturated heterocycles. The van der Waals surface area contributed by atoms with Gasteiger partial charge in [0.1, 0.15) is 5.75 Å². The summed E-state index contributed by atoms with van der Waals surface area (Å²) in [6, 6.07) is 11.5. The van der Waals surface area contributed by atoms with Crippen molar-refractivity contribution in [2.24, 2.45) is 0 Å². The first-order valence-electron chi connectivity index (χ1n) is 5.06. The third-order valence-electron chi connectivity index (χ3n) is 2.26. The van der Waals surface area contributed by atoms with Crippen molar-refractivity contribution in [2.45, 2.75) is 0 Å². The normalized spacial score (nSPS) is 10.0. The summed E-state index contributed by atoms with van der Waals surface area (Å²) in [6.45, 7) is 0. The number of nitrogens with two attached hydrogens (primary N) is 1. The quantitative estimate of drug-likeness (QED) is 0.828. The van der Waals surface area contributed by atoms with Crippen molar-refractivity contribution >= 4 is 5.69 Å². The molecule has 0 heterocycles. The first-order chi connectivity index (χ1) is 8.20. The van der Waals surface area contributed by atoms with Crippen LogP contribution in [0, 0.1) is 5.82 Å². The maximum atomic E-state index is 13.8. The van der Waals surface area contributed by atoms with E-state index in [0.29, 0.717) is 11.4 Å². The van der Waals surface area contributed by atoms with Gasteiger partial charge in [-0.05, 0) is 36.4 Å². The van der Waals surface area contributed by atoms with Crippen LogP contribution in [0.3, 0.4) is 0 Å². The molecule has 0 amide bonds. The average molecular weight is 233 g/mol. The van der Waals surface area contributed by atoms with E-state index < -0.39 is 5.82 Å². The summed E-state index contributed by atoms with van der Waals surface area (Å²) < 4.78 is 24.0. The van der Waals surface area contributed by atoms with Crippen LogP contribution < -0.4 is 15.2 Å². The standard InChI is InChI=1S/C13H12FNO2/c1-16-11-3-2-4-12(13(11)14)17-10-7-5-9(15)6-8-10/h2-8H,15H2,1H3. The Morgan fingerprint density at radius 3 is 2.29 bits per heavy atom. The van der Waals surface area contributed by atoms with Gasteiger partial charge in [0, 0.05) is 5.69 Å². The largest absolute Gasteiger partial charge is 0.494 e. The Labute approximate surface area is 98.6 Å². The van der Waals surface area contributed by atoms with Crippen LogP contribution in [0.1, 0.15) is 0 Å². The Morgan fingerprint density at radius 1 is 1.00 bits per heavy atom. The van der Waals surface area contributed by atoms with Gasteiger partial charge in [-0.25, -0.2) is 0 Å². The minimum atomic E-state index is -0.521. The predicted molar refractivity (Wildman–Crippen MR) is 63.9 cm³/mol. The second-order valence-electron chi connectivity index (χ2n) is 3.44. The van der Waals surface area contributed by atoms with E-state index in [1.165, 1.54) is 19.2 Å². The molecule has 0 atom stereocenters. The SMILES string of the molecule is COc1cccc(Oc2ccc(N)cc2)c1F. The second-order valence-corrected chi connectivity index (χ2v) is 3.44. The molecule has 0 radical (unpaired) electrons. The predicted octanol–water partition coefficient (Wildman–Crippen LogP) is 3.21. The summed E-state index contributed by atoms with van der Waals surface area (Å²) in [5, 5.41) is 0. The number of nitrogen functional groups attached to an aromatic ring is 1. The van der Waals surface area contributed by atoms with Crippen molar-refractivity contribution in [1.29, 1.82) is 0 Å². The molecule has 3 nitrogen and oxygen atoms in total. The monoisotopic (exact) mass is 233 g/mol. The topological polar surface area (TPSA) is 44.5 Å². The van der Waals surface area contributed by atoms with Gasteiger partial charge < -0.3 is 15.2 Å². The van der Waals surface area contributed by atoms with E-state index in [4.69, 9.17) is 15.2 Å². The van der Waals surface area contributed by atoms with Crippen molar-refractivity contribution in [2.75, 3.05) is 12.8 Å². The van der Waals surface area contributed by atoms with Gasteiger partial charge in [-0.2, -0.15) is 4.39 Å². The number of anilines is 1. The summed E-state index contributed by atoms with van der Waals surface area (Å²) in [5.74, 6) is 0.269. The Hall–Kier alpha value is -2.23. The zero-order valence-electron chi connectivity index (χ0n) is 9.31. The van der Waals surface area contributed by atoms with Crippen LogP contribution in [0.25, 0.3) is 0 Å². The van der Waals surface area contributed by atoms with Crippen LogP contribution in [0.15, 0.2) is 42.5 Å². The Kier molecular flexibility index (Phi) is 3.14. The van der Waals surface area contributed by atoms with Crippen LogP contribution in [0.2, 0.25) is 0 Å². The molecule has 0 fully saturated rings. The summed E-state index contributed by atoms with van der Waals surface area (Å²) in [7, 11) is 1.41. The smallest absolute Gasteiger partial charge is 0.207 e. The minimum absolute atomic E-state index is 0.120. The average Bonchev–Trinajstić information content (AvgIpc) is 2.35. The molecular formula is C13H12FNO2. The van der Waals surface area contributed by atoms with Gasteiger partial charge in [0.05, 0.1) is 7.11 Å².